The van der Waals surface area contributed by atoms with Crippen molar-refractivity contribution in [2.75, 3.05) is 18.8 Å². The maximum Gasteiger partial charge on any atom is 0.307 e. The third-order valence-electron chi connectivity index (χ3n) is 3.59. The second-order valence-electron chi connectivity index (χ2n) is 5.06. The zero-order valence-corrected chi connectivity index (χ0v) is 16.4. The fourth-order valence-corrected chi connectivity index (χ4v) is 5.17. The first-order valence-electron chi connectivity index (χ1n) is 7.64. The van der Waals surface area contributed by atoms with Gasteiger partial charge in [0.2, 0.25) is 10.0 Å². The van der Waals surface area contributed by atoms with Crippen molar-refractivity contribution in [1.82, 2.24) is 13.9 Å². The van der Waals surface area contributed by atoms with Crippen LogP contribution in [-0.4, -0.2) is 41.1 Å². The van der Waals surface area contributed by atoms with Crippen LogP contribution in [0.15, 0.2) is 38.4 Å². The van der Waals surface area contributed by atoms with Crippen LogP contribution < -0.4 is 4.87 Å². The van der Waals surface area contributed by atoms with Gasteiger partial charge in [0.25, 0.3) is 0 Å². The summed E-state index contributed by atoms with van der Waals surface area (Å²) in [6, 6.07) is 3.30. The van der Waals surface area contributed by atoms with Crippen molar-refractivity contribution in [2.24, 2.45) is 0 Å². The molecule has 6 nitrogen and oxygen atoms in total. The van der Waals surface area contributed by atoms with E-state index in [0.717, 1.165) is 10.7 Å². The van der Waals surface area contributed by atoms with Gasteiger partial charge in [-0.15, -0.1) is 11.8 Å². The Morgan fingerprint density at radius 2 is 2.00 bits per heavy atom. The number of pyridine rings is 1. The minimum absolute atomic E-state index is 0.0433. The highest BCUT2D eigenvalue weighted by molar-refractivity contribution is 7.99. The molecule has 24 heavy (non-hydrogen) atoms. The molecule has 2 rings (SSSR count). The molecule has 0 aromatic carbocycles. The van der Waals surface area contributed by atoms with Crippen molar-refractivity contribution in [2.45, 2.75) is 37.2 Å². The third-order valence-corrected chi connectivity index (χ3v) is 7.43. The number of nitrogens with zero attached hydrogens (tertiary/aromatic N) is 3. The Morgan fingerprint density at radius 1 is 1.29 bits per heavy atom. The van der Waals surface area contributed by atoms with Crippen LogP contribution in [0.25, 0.3) is 0 Å². The lowest BCUT2D eigenvalue weighted by Gasteiger charge is -2.18. The summed E-state index contributed by atoms with van der Waals surface area (Å²) in [5, 5.41) is 2.59. The van der Waals surface area contributed by atoms with Gasteiger partial charge in [-0.1, -0.05) is 25.2 Å². The van der Waals surface area contributed by atoms with Gasteiger partial charge >= 0.3 is 4.87 Å². The predicted molar refractivity (Wildman–Crippen MR) is 98.4 cm³/mol. The Morgan fingerprint density at radius 3 is 2.50 bits per heavy atom. The molecule has 2 aromatic rings. The summed E-state index contributed by atoms with van der Waals surface area (Å²) in [4.78, 5) is 16.1. The van der Waals surface area contributed by atoms with E-state index < -0.39 is 10.0 Å². The number of hydrogen-bond donors (Lipinski definition) is 0. The highest BCUT2D eigenvalue weighted by Crippen LogP contribution is 2.20. The fraction of sp³-hybridized carbons (Fsp3) is 0.467. The molecule has 132 valence electrons. The Labute approximate surface area is 150 Å². The van der Waals surface area contributed by atoms with Crippen LogP contribution in [0, 0.1) is 6.92 Å². The molecule has 2 aromatic heterocycles. The summed E-state index contributed by atoms with van der Waals surface area (Å²) in [6.45, 7) is 7.02. The van der Waals surface area contributed by atoms with Gasteiger partial charge in [-0.2, -0.15) is 4.31 Å². The summed E-state index contributed by atoms with van der Waals surface area (Å²) >= 11 is 2.70. The quantitative estimate of drug-likeness (QED) is 0.651. The molecule has 0 aliphatic rings. The molecular formula is C15H21N3O3S3. The molecule has 0 aliphatic carbocycles. The van der Waals surface area contributed by atoms with Crippen molar-refractivity contribution in [3.8, 4) is 0 Å². The number of aryl methyl sites for hydroxylation is 1. The molecule has 0 radical (unpaired) electrons. The van der Waals surface area contributed by atoms with E-state index in [2.05, 4.69) is 4.98 Å². The molecule has 9 heteroatoms. The van der Waals surface area contributed by atoms with E-state index in [0.29, 0.717) is 25.4 Å². The van der Waals surface area contributed by atoms with Crippen LogP contribution in [0.3, 0.4) is 0 Å². The van der Waals surface area contributed by atoms with E-state index in [1.807, 2.05) is 26.2 Å². The van der Waals surface area contributed by atoms with Crippen molar-refractivity contribution < 1.29 is 8.42 Å². The zero-order chi connectivity index (χ0) is 17.7. The first-order valence-corrected chi connectivity index (χ1v) is 10.9. The second-order valence-corrected chi connectivity index (χ2v) is 8.94. The largest absolute Gasteiger partial charge is 0.307 e. The lowest BCUT2D eigenvalue weighted by Crippen LogP contribution is -2.30. The summed E-state index contributed by atoms with van der Waals surface area (Å²) in [6.07, 6.45) is 1.40. The molecule has 0 unspecified atom stereocenters. The van der Waals surface area contributed by atoms with Crippen molar-refractivity contribution in [3.63, 3.8) is 0 Å². The first kappa shape index (κ1) is 19.2. The van der Waals surface area contributed by atoms with Crippen molar-refractivity contribution >= 4 is 33.1 Å². The van der Waals surface area contributed by atoms with Crippen LogP contribution in [0.1, 0.15) is 19.5 Å². The molecule has 0 N–H and O–H groups in total. The van der Waals surface area contributed by atoms with Crippen LogP contribution >= 0.6 is 23.1 Å². The molecule has 0 fully saturated rings. The molecule has 0 saturated heterocycles. The highest BCUT2D eigenvalue weighted by Gasteiger charge is 2.21. The van der Waals surface area contributed by atoms with Gasteiger partial charge < -0.3 is 4.57 Å². The molecular weight excluding hydrogens is 366 g/mol. The van der Waals surface area contributed by atoms with Crippen molar-refractivity contribution in [3.05, 3.63) is 39.1 Å². The number of sulfonamides is 1. The minimum atomic E-state index is -3.47. The molecule has 0 aliphatic heterocycles. The van der Waals surface area contributed by atoms with E-state index in [4.69, 9.17) is 0 Å². The summed E-state index contributed by atoms with van der Waals surface area (Å²) in [7, 11) is -3.47. The first-order chi connectivity index (χ1) is 11.4. The highest BCUT2D eigenvalue weighted by atomic mass is 32.2. The predicted octanol–water partition coefficient (Wildman–Crippen LogP) is 2.44. The van der Waals surface area contributed by atoms with Gasteiger partial charge in [-0.25, -0.2) is 13.4 Å². The number of aromatic nitrogens is 2. The van der Waals surface area contributed by atoms with Crippen LogP contribution in [0.4, 0.5) is 0 Å². The molecule has 0 atom stereocenters. The van der Waals surface area contributed by atoms with Gasteiger partial charge in [0, 0.05) is 42.7 Å². The number of thioether (sulfide) groups is 1. The molecule has 0 saturated carbocycles. The Bertz CT molecular complexity index is 822. The minimum Gasteiger partial charge on any atom is -0.303 e. The standard InChI is InChI=1S/C15H21N3O3S3/c1-4-17(5-2)24(20,21)13-6-7-14(16-10-13)22-9-8-18-12(3)11-23-15(18)19/h6-7,10-11H,4-5,8-9H2,1-3H3. The van der Waals surface area contributed by atoms with Gasteiger partial charge in [0.1, 0.15) is 4.90 Å². The Hall–Kier alpha value is -1.16. The molecule has 0 bridgehead atoms. The van der Waals surface area contributed by atoms with E-state index in [1.54, 1.807) is 16.7 Å². The average Bonchev–Trinajstić information content (AvgIpc) is 2.88. The smallest absolute Gasteiger partial charge is 0.303 e. The SMILES string of the molecule is CCN(CC)S(=O)(=O)c1ccc(SCCn2c(C)csc2=O)nc1. The monoisotopic (exact) mass is 387 g/mol. The third kappa shape index (κ3) is 4.27. The van der Waals surface area contributed by atoms with Gasteiger partial charge in [-0.05, 0) is 19.1 Å². The van der Waals surface area contributed by atoms with Gasteiger partial charge in [0.15, 0.2) is 0 Å². The van der Waals surface area contributed by atoms with Crippen LogP contribution in [0.2, 0.25) is 0 Å². The van der Waals surface area contributed by atoms with Gasteiger partial charge in [-0.3, -0.25) is 4.79 Å². The lowest BCUT2D eigenvalue weighted by atomic mass is 10.5. The number of rotatable bonds is 8. The summed E-state index contributed by atoms with van der Waals surface area (Å²) in [5.41, 5.74) is 0.958. The number of hydrogen-bond acceptors (Lipinski definition) is 6. The number of thiazole rings is 1. The second kappa shape index (κ2) is 8.28. The Kier molecular flexibility index (Phi) is 6.62. The van der Waals surface area contributed by atoms with E-state index in [-0.39, 0.29) is 9.77 Å². The average molecular weight is 388 g/mol. The van der Waals surface area contributed by atoms with E-state index in [9.17, 15) is 13.2 Å². The maximum absolute atomic E-state index is 12.4. The normalized spacial score (nSPS) is 12.0. The van der Waals surface area contributed by atoms with Crippen molar-refractivity contribution in [1.29, 1.82) is 0 Å². The summed E-state index contributed by atoms with van der Waals surface area (Å²) < 4.78 is 27.9. The van der Waals surface area contributed by atoms with Gasteiger partial charge in [0.05, 0.1) is 5.03 Å². The molecule has 0 spiro atoms. The maximum atomic E-state index is 12.4. The zero-order valence-electron chi connectivity index (χ0n) is 13.9. The topological polar surface area (TPSA) is 72.3 Å². The van der Waals surface area contributed by atoms with Crippen LogP contribution in [-0.2, 0) is 16.6 Å². The van der Waals surface area contributed by atoms with E-state index >= 15 is 0 Å². The van der Waals surface area contributed by atoms with Crippen LogP contribution in [0.5, 0.6) is 0 Å². The molecule has 0 amide bonds. The van der Waals surface area contributed by atoms with E-state index in [1.165, 1.54) is 33.6 Å². The molecule has 2 heterocycles. The summed E-state index contributed by atoms with van der Waals surface area (Å²) in [5.74, 6) is 0.701. The Balaban J connectivity index is 2.01. The fourth-order valence-electron chi connectivity index (χ4n) is 2.23. The lowest BCUT2D eigenvalue weighted by molar-refractivity contribution is 0.445.